The summed E-state index contributed by atoms with van der Waals surface area (Å²) in [5.74, 6) is -0.369. The van der Waals surface area contributed by atoms with Crippen molar-refractivity contribution in [1.82, 2.24) is 5.43 Å². The second-order valence-corrected chi connectivity index (χ2v) is 11.2. The zero-order valence-electron chi connectivity index (χ0n) is 20.2. The van der Waals surface area contributed by atoms with Crippen molar-refractivity contribution in [1.29, 1.82) is 0 Å². The van der Waals surface area contributed by atoms with Crippen LogP contribution in [0.3, 0.4) is 0 Å². The van der Waals surface area contributed by atoms with Gasteiger partial charge in [0.05, 0.1) is 24.2 Å². The van der Waals surface area contributed by atoms with Crippen molar-refractivity contribution in [2.75, 3.05) is 10.6 Å². The van der Waals surface area contributed by atoms with Crippen molar-refractivity contribution < 1.29 is 13.2 Å². The zero-order valence-corrected chi connectivity index (χ0v) is 21.1. The lowest BCUT2D eigenvalue weighted by atomic mass is 9.86. The smallest absolute Gasteiger partial charge is 0.267 e. The Morgan fingerprint density at radius 3 is 1.97 bits per heavy atom. The Labute approximate surface area is 202 Å². The molecule has 0 bridgehead atoms. The van der Waals surface area contributed by atoms with Crippen LogP contribution < -0.4 is 9.73 Å². The van der Waals surface area contributed by atoms with E-state index < -0.39 is 10.0 Å². The molecule has 0 unspecified atom stereocenters. The van der Waals surface area contributed by atoms with Crippen LogP contribution in [-0.2, 0) is 22.0 Å². The van der Waals surface area contributed by atoms with E-state index in [9.17, 15) is 13.2 Å². The number of nitrogens with zero attached hydrogens (tertiary/aromatic N) is 2. The number of sulfonamides is 1. The van der Waals surface area contributed by atoms with Gasteiger partial charge in [-0.15, -0.1) is 0 Å². The standard InChI is InChI=1S/C27H31N3O3S/c1-20(22-11-15-24(16-12-22)27(2,3)4)28-29-26(31)23-13-17-25(18-14-23)30(34(5,32)33)19-21-9-7-6-8-10-21/h6-18H,19H2,1-5H3,(H,29,31)/b28-20+. The van der Waals surface area contributed by atoms with E-state index in [4.69, 9.17) is 0 Å². The summed E-state index contributed by atoms with van der Waals surface area (Å²) < 4.78 is 26.1. The van der Waals surface area contributed by atoms with Crippen LogP contribution in [0.1, 0.15) is 54.7 Å². The van der Waals surface area contributed by atoms with Gasteiger partial charge in [-0.2, -0.15) is 5.10 Å². The Hall–Kier alpha value is -3.45. The number of carbonyl (C=O) groups is 1. The first-order valence-electron chi connectivity index (χ1n) is 11.0. The molecule has 3 rings (SSSR count). The summed E-state index contributed by atoms with van der Waals surface area (Å²) in [6.07, 6.45) is 1.17. The zero-order chi connectivity index (χ0) is 24.9. The molecule has 7 heteroatoms. The Bertz CT molecular complexity index is 1260. The molecule has 0 aliphatic rings. The molecule has 0 aliphatic heterocycles. The van der Waals surface area contributed by atoms with E-state index in [1.54, 1.807) is 24.3 Å². The normalized spacial score (nSPS) is 12.3. The maximum absolute atomic E-state index is 12.6. The number of anilines is 1. The van der Waals surface area contributed by atoms with Crippen LogP contribution in [0.5, 0.6) is 0 Å². The van der Waals surface area contributed by atoms with Gasteiger partial charge >= 0.3 is 0 Å². The summed E-state index contributed by atoms with van der Waals surface area (Å²) in [5, 5.41) is 4.23. The first kappa shape index (κ1) is 25.2. The van der Waals surface area contributed by atoms with Crippen molar-refractivity contribution in [2.45, 2.75) is 39.7 Å². The first-order chi connectivity index (χ1) is 15.9. The van der Waals surface area contributed by atoms with E-state index in [-0.39, 0.29) is 17.9 Å². The highest BCUT2D eigenvalue weighted by Crippen LogP contribution is 2.23. The number of nitrogens with one attached hydrogen (secondary N) is 1. The highest BCUT2D eigenvalue weighted by Gasteiger charge is 2.18. The molecule has 34 heavy (non-hydrogen) atoms. The van der Waals surface area contributed by atoms with Gasteiger partial charge in [0.2, 0.25) is 10.0 Å². The van der Waals surface area contributed by atoms with Gasteiger partial charge in [0, 0.05) is 5.56 Å². The maximum atomic E-state index is 12.6. The van der Waals surface area contributed by atoms with Gasteiger partial charge in [0.25, 0.3) is 5.91 Å². The van der Waals surface area contributed by atoms with Crippen LogP contribution in [0.2, 0.25) is 0 Å². The molecule has 0 aromatic heterocycles. The van der Waals surface area contributed by atoms with Gasteiger partial charge in [-0.1, -0.05) is 75.4 Å². The van der Waals surface area contributed by atoms with E-state index in [1.165, 1.54) is 16.1 Å². The molecule has 0 atom stereocenters. The molecule has 178 valence electrons. The lowest BCUT2D eigenvalue weighted by Gasteiger charge is -2.22. The molecule has 1 amide bonds. The summed E-state index contributed by atoms with van der Waals surface area (Å²) in [7, 11) is -3.50. The molecule has 0 spiro atoms. The molecule has 0 saturated heterocycles. The average Bonchev–Trinajstić information content (AvgIpc) is 2.80. The minimum absolute atomic E-state index is 0.0672. The van der Waals surface area contributed by atoms with E-state index in [0.717, 1.165) is 11.1 Å². The summed E-state index contributed by atoms with van der Waals surface area (Å²) in [6, 6.07) is 23.9. The van der Waals surface area contributed by atoms with Crippen molar-refractivity contribution in [3.8, 4) is 0 Å². The van der Waals surface area contributed by atoms with Crippen molar-refractivity contribution in [3.63, 3.8) is 0 Å². The highest BCUT2D eigenvalue weighted by molar-refractivity contribution is 7.92. The molecule has 3 aromatic rings. The van der Waals surface area contributed by atoms with Gasteiger partial charge in [0.15, 0.2) is 0 Å². The van der Waals surface area contributed by atoms with Crippen molar-refractivity contribution >= 4 is 27.3 Å². The number of benzene rings is 3. The van der Waals surface area contributed by atoms with Gasteiger partial charge in [-0.3, -0.25) is 9.10 Å². The highest BCUT2D eigenvalue weighted by atomic mass is 32.2. The lowest BCUT2D eigenvalue weighted by Crippen LogP contribution is -2.29. The molecule has 0 heterocycles. The Balaban J connectivity index is 1.71. The number of carbonyl (C=O) groups excluding carboxylic acids is 1. The molecule has 0 fully saturated rings. The predicted molar refractivity (Wildman–Crippen MR) is 139 cm³/mol. The topological polar surface area (TPSA) is 78.8 Å². The van der Waals surface area contributed by atoms with Crippen LogP contribution in [0, 0.1) is 0 Å². The molecule has 1 N–H and O–H groups in total. The average molecular weight is 478 g/mol. The monoisotopic (exact) mass is 477 g/mol. The van der Waals surface area contributed by atoms with Crippen LogP contribution in [0.25, 0.3) is 0 Å². The van der Waals surface area contributed by atoms with Gasteiger partial charge in [0.1, 0.15) is 0 Å². The number of rotatable bonds is 7. The minimum atomic E-state index is -3.50. The molecule has 3 aromatic carbocycles. The second kappa shape index (κ2) is 10.2. The predicted octanol–water partition coefficient (Wildman–Crippen LogP) is 5.10. The van der Waals surface area contributed by atoms with E-state index in [2.05, 4.69) is 43.4 Å². The minimum Gasteiger partial charge on any atom is -0.267 e. The van der Waals surface area contributed by atoms with Crippen LogP contribution in [0.15, 0.2) is 84.0 Å². The Morgan fingerprint density at radius 2 is 1.44 bits per heavy atom. The van der Waals surface area contributed by atoms with Crippen LogP contribution in [0.4, 0.5) is 5.69 Å². The number of hydrazone groups is 1. The quantitative estimate of drug-likeness (QED) is 0.380. The van der Waals surface area contributed by atoms with Crippen molar-refractivity contribution in [3.05, 3.63) is 101 Å². The largest absolute Gasteiger partial charge is 0.271 e. The fourth-order valence-electron chi connectivity index (χ4n) is 3.40. The molecule has 6 nitrogen and oxygen atoms in total. The van der Waals surface area contributed by atoms with Gasteiger partial charge in [-0.25, -0.2) is 13.8 Å². The van der Waals surface area contributed by atoms with Crippen molar-refractivity contribution in [2.24, 2.45) is 5.10 Å². The molecule has 0 saturated carbocycles. The maximum Gasteiger partial charge on any atom is 0.271 e. The van der Waals surface area contributed by atoms with Crippen LogP contribution in [-0.4, -0.2) is 26.3 Å². The van der Waals surface area contributed by atoms with Crippen LogP contribution >= 0.6 is 0 Å². The molecule has 0 radical (unpaired) electrons. The third-order valence-electron chi connectivity index (χ3n) is 5.48. The number of hydrogen-bond donors (Lipinski definition) is 1. The third-order valence-corrected chi connectivity index (χ3v) is 6.62. The number of amides is 1. The Kier molecular flexibility index (Phi) is 7.57. The first-order valence-corrected chi connectivity index (χ1v) is 12.9. The third kappa shape index (κ3) is 6.54. The second-order valence-electron chi connectivity index (χ2n) is 9.27. The molecular weight excluding hydrogens is 446 g/mol. The number of hydrogen-bond acceptors (Lipinski definition) is 4. The Morgan fingerprint density at radius 1 is 0.882 bits per heavy atom. The molecular formula is C27H31N3O3S. The lowest BCUT2D eigenvalue weighted by molar-refractivity contribution is 0.0955. The summed E-state index contributed by atoms with van der Waals surface area (Å²) in [5.41, 5.74) is 7.23. The summed E-state index contributed by atoms with van der Waals surface area (Å²) in [6.45, 7) is 8.52. The van der Waals surface area contributed by atoms with Gasteiger partial charge < -0.3 is 0 Å². The fraction of sp³-hybridized carbons (Fsp3) is 0.259. The van der Waals surface area contributed by atoms with E-state index >= 15 is 0 Å². The summed E-state index contributed by atoms with van der Waals surface area (Å²) in [4.78, 5) is 12.6. The van der Waals surface area contributed by atoms with E-state index in [0.29, 0.717) is 17.0 Å². The fourth-order valence-corrected chi connectivity index (χ4v) is 4.29. The SMILES string of the molecule is C/C(=N\NC(=O)c1ccc(N(Cc2ccccc2)S(C)(=O)=O)cc1)c1ccc(C(C)(C)C)cc1. The molecule has 0 aliphatic carbocycles. The van der Waals surface area contributed by atoms with Gasteiger partial charge in [-0.05, 0) is 53.3 Å². The summed E-state index contributed by atoms with van der Waals surface area (Å²) >= 11 is 0. The van der Waals surface area contributed by atoms with E-state index in [1.807, 2.05) is 49.4 Å².